The Hall–Kier alpha value is -1.11. The highest BCUT2D eigenvalue weighted by atomic mass is 32.2. The minimum Gasteiger partial charge on any atom is -0.381 e. The Bertz CT molecular complexity index is 447. The van der Waals surface area contributed by atoms with Crippen molar-refractivity contribution in [2.45, 2.75) is 23.3 Å². The molecule has 1 N–H and O–H groups in total. The van der Waals surface area contributed by atoms with Gasteiger partial charge in [-0.1, -0.05) is 0 Å². The molecule has 1 aliphatic heterocycles. The van der Waals surface area contributed by atoms with Crippen LogP contribution in [-0.4, -0.2) is 60.9 Å². The first-order chi connectivity index (χ1) is 10.1. The van der Waals surface area contributed by atoms with Crippen LogP contribution in [0.4, 0.5) is 0 Å². The number of hydrogen-bond donors (Lipinski definition) is 1. The van der Waals surface area contributed by atoms with Crippen molar-refractivity contribution in [2.24, 2.45) is 0 Å². The Kier molecular flexibility index (Phi) is 6.02. The summed E-state index contributed by atoms with van der Waals surface area (Å²) < 4.78 is 5.44. The molecule has 0 bridgehead atoms. The zero-order valence-corrected chi connectivity index (χ0v) is 13.5. The second-order valence-electron chi connectivity index (χ2n) is 5.48. The lowest BCUT2D eigenvalue weighted by Gasteiger charge is -2.42. The number of aromatic nitrogens is 1. The van der Waals surface area contributed by atoms with Crippen molar-refractivity contribution in [3.05, 3.63) is 24.5 Å². The van der Waals surface area contributed by atoms with Crippen LogP contribution in [0.5, 0.6) is 0 Å². The quantitative estimate of drug-likeness (QED) is 0.805. The van der Waals surface area contributed by atoms with E-state index in [0.29, 0.717) is 12.3 Å². The second-order valence-corrected chi connectivity index (χ2v) is 6.53. The van der Waals surface area contributed by atoms with Crippen molar-refractivity contribution in [3.63, 3.8) is 0 Å². The Labute approximate surface area is 130 Å². The topological polar surface area (TPSA) is 54.5 Å². The molecule has 1 fully saturated rings. The molecule has 1 saturated heterocycles. The van der Waals surface area contributed by atoms with Crippen molar-refractivity contribution in [3.8, 4) is 0 Å². The van der Waals surface area contributed by atoms with E-state index in [1.165, 1.54) is 11.8 Å². The van der Waals surface area contributed by atoms with Gasteiger partial charge in [0.2, 0.25) is 5.91 Å². The molecule has 2 heterocycles. The number of nitrogens with zero attached hydrogens (tertiary/aromatic N) is 2. The lowest BCUT2D eigenvalue weighted by molar-refractivity contribution is -0.119. The fourth-order valence-corrected chi connectivity index (χ4v) is 3.14. The van der Waals surface area contributed by atoms with Gasteiger partial charge in [-0.2, -0.15) is 0 Å². The smallest absolute Gasteiger partial charge is 0.230 e. The van der Waals surface area contributed by atoms with E-state index in [0.717, 1.165) is 31.0 Å². The number of nitrogens with one attached hydrogen (secondary N) is 1. The SMILES string of the molecule is CN(C)C1(CNC(=O)CSc2ccncc2)CCOCC1. The predicted octanol–water partition coefficient (Wildman–Crippen LogP) is 1.40. The van der Waals surface area contributed by atoms with Crippen molar-refractivity contribution < 1.29 is 9.53 Å². The van der Waals surface area contributed by atoms with Crippen LogP contribution in [0.1, 0.15) is 12.8 Å². The number of ether oxygens (including phenoxy) is 1. The monoisotopic (exact) mass is 309 g/mol. The number of hydrogen-bond acceptors (Lipinski definition) is 5. The molecule has 0 unspecified atom stereocenters. The maximum absolute atomic E-state index is 12.0. The first kappa shape index (κ1) is 16.3. The third kappa shape index (κ3) is 4.69. The fourth-order valence-electron chi connectivity index (χ4n) is 2.43. The van der Waals surface area contributed by atoms with Gasteiger partial charge in [0, 0.05) is 42.6 Å². The van der Waals surface area contributed by atoms with E-state index in [2.05, 4.69) is 29.3 Å². The van der Waals surface area contributed by atoms with E-state index in [1.54, 1.807) is 12.4 Å². The van der Waals surface area contributed by atoms with Crippen LogP contribution >= 0.6 is 11.8 Å². The van der Waals surface area contributed by atoms with Crippen LogP contribution < -0.4 is 5.32 Å². The fraction of sp³-hybridized carbons (Fsp3) is 0.600. The first-order valence-electron chi connectivity index (χ1n) is 7.17. The van der Waals surface area contributed by atoms with Crippen LogP contribution in [0.2, 0.25) is 0 Å². The summed E-state index contributed by atoms with van der Waals surface area (Å²) in [5.41, 5.74) is 0.0231. The van der Waals surface area contributed by atoms with Gasteiger partial charge in [0.25, 0.3) is 0 Å². The molecule has 21 heavy (non-hydrogen) atoms. The zero-order valence-electron chi connectivity index (χ0n) is 12.7. The minimum absolute atomic E-state index is 0.0231. The highest BCUT2D eigenvalue weighted by Crippen LogP contribution is 2.25. The minimum atomic E-state index is 0.0231. The van der Waals surface area contributed by atoms with E-state index in [1.807, 2.05) is 12.1 Å². The molecule has 6 heteroatoms. The summed E-state index contributed by atoms with van der Waals surface area (Å²) in [5, 5.41) is 3.07. The molecule has 0 saturated carbocycles. The number of rotatable bonds is 6. The maximum Gasteiger partial charge on any atom is 0.230 e. The van der Waals surface area contributed by atoms with Gasteiger partial charge in [-0.25, -0.2) is 0 Å². The van der Waals surface area contributed by atoms with Gasteiger partial charge in [0.05, 0.1) is 5.75 Å². The molecule has 0 radical (unpaired) electrons. The lowest BCUT2D eigenvalue weighted by Crippen LogP contribution is -2.55. The van der Waals surface area contributed by atoms with E-state index >= 15 is 0 Å². The maximum atomic E-state index is 12.0. The van der Waals surface area contributed by atoms with Crippen molar-refractivity contribution in [1.29, 1.82) is 0 Å². The lowest BCUT2D eigenvalue weighted by atomic mass is 9.88. The average Bonchev–Trinajstić information content (AvgIpc) is 2.52. The molecule has 0 atom stereocenters. The van der Waals surface area contributed by atoms with Crippen LogP contribution in [-0.2, 0) is 9.53 Å². The van der Waals surface area contributed by atoms with Gasteiger partial charge >= 0.3 is 0 Å². The largest absolute Gasteiger partial charge is 0.381 e. The van der Waals surface area contributed by atoms with Crippen molar-refractivity contribution in [1.82, 2.24) is 15.2 Å². The number of amides is 1. The molecule has 1 aromatic heterocycles. The van der Waals surface area contributed by atoms with Gasteiger partial charge in [-0.05, 0) is 39.1 Å². The summed E-state index contributed by atoms with van der Waals surface area (Å²) in [6.45, 7) is 2.21. The molecule has 1 amide bonds. The summed E-state index contributed by atoms with van der Waals surface area (Å²) in [4.78, 5) is 19.3. The number of thioether (sulfide) groups is 1. The standard InChI is InChI=1S/C15H23N3O2S/c1-18(2)15(5-9-20-10-6-15)12-17-14(19)11-21-13-3-7-16-8-4-13/h3-4,7-8H,5-6,9-12H2,1-2H3,(H,17,19). The molecule has 0 aromatic carbocycles. The van der Waals surface area contributed by atoms with E-state index < -0.39 is 0 Å². The Balaban J connectivity index is 1.79. The van der Waals surface area contributed by atoms with E-state index in [9.17, 15) is 4.79 Å². The highest BCUT2D eigenvalue weighted by molar-refractivity contribution is 8.00. The molecule has 0 spiro atoms. The summed E-state index contributed by atoms with van der Waals surface area (Å²) in [6.07, 6.45) is 5.39. The predicted molar refractivity (Wildman–Crippen MR) is 84.4 cm³/mol. The van der Waals surface area contributed by atoms with Crippen LogP contribution in [0.3, 0.4) is 0 Å². The van der Waals surface area contributed by atoms with Crippen LogP contribution in [0, 0.1) is 0 Å². The van der Waals surface area contributed by atoms with Gasteiger partial charge in [0.1, 0.15) is 0 Å². The summed E-state index contributed by atoms with van der Waals surface area (Å²) >= 11 is 1.53. The average molecular weight is 309 g/mol. The van der Waals surface area contributed by atoms with Gasteiger partial charge in [-0.3, -0.25) is 9.78 Å². The third-order valence-corrected chi connectivity index (χ3v) is 5.02. The number of carbonyl (C=O) groups is 1. The van der Waals surface area contributed by atoms with Crippen molar-refractivity contribution in [2.75, 3.05) is 39.6 Å². The number of carbonyl (C=O) groups excluding carboxylic acids is 1. The van der Waals surface area contributed by atoms with Gasteiger partial charge < -0.3 is 15.0 Å². The first-order valence-corrected chi connectivity index (χ1v) is 8.16. The third-order valence-electron chi connectivity index (χ3n) is 4.01. The Morgan fingerprint density at radius 1 is 1.38 bits per heavy atom. The number of likely N-dealkylation sites (N-methyl/N-ethyl adjacent to an activating group) is 1. The van der Waals surface area contributed by atoms with Crippen LogP contribution in [0.15, 0.2) is 29.4 Å². The Morgan fingerprint density at radius 2 is 2.05 bits per heavy atom. The van der Waals surface area contributed by atoms with E-state index in [-0.39, 0.29) is 11.4 Å². The molecular weight excluding hydrogens is 286 g/mol. The van der Waals surface area contributed by atoms with E-state index in [4.69, 9.17) is 4.74 Å². The molecule has 1 aliphatic rings. The molecule has 116 valence electrons. The molecule has 0 aliphatic carbocycles. The summed E-state index contributed by atoms with van der Waals surface area (Å²) in [5.74, 6) is 0.508. The summed E-state index contributed by atoms with van der Waals surface area (Å²) in [6, 6.07) is 3.83. The zero-order chi connectivity index (χ0) is 15.1. The molecule has 5 nitrogen and oxygen atoms in total. The Morgan fingerprint density at radius 3 is 2.67 bits per heavy atom. The summed E-state index contributed by atoms with van der Waals surface area (Å²) in [7, 11) is 4.15. The normalized spacial score (nSPS) is 17.7. The van der Waals surface area contributed by atoms with Crippen LogP contribution in [0.25, 0.3) is 0 Å². The van der Waals surface area contributed by atoms with Gasteiger partial charge in [0.15, 0.2) is 0 Å². The highest BCUT2D eigenvalue weighted by Gasteiger charge is 2.34. The molecule has 1 aromatic rings. The van der Waals surface area contributed by atoms with Gasteiger partial charge in [-0.15, -0.1) is 11.8 Å². The van der Waals surface area contributed by atoms with Crippen molar-refractivity contribution >= 4 is 17.7 Å². The molecule has 2 rings (SSSR count). The number of pyridine rings is 1. The second kappa shape index (κ2) is 7.77. The molecular formula is C15H23N3O2S.